The van der Waals surface area contributed by atoms with Crippen molar-refractivity contribution in [3.63, 3.8) is 0 Å². The monoisotopic (exact) mass is 336 g/mol. The zero-order valence-electron chi connectivity index (χ0n) is 13.0. The Hall–Kier alpha value is -2.60. The van der Waals surface area contributed by atoms with Crippen molar-refractivity contribution in [3.8, 4) is 10.7 Å². The molecule has 5 nitrogen and oxygen atoms in total. The largest absolute Gasteiger partial charge is 0.348 e. The SMILES string of the molecule is O=C(N[C@H]1CCc2ccccc2C1)c1csc(-c2cnccn2)n1. The van der Waals surface area contributed by atoms with E-state index in [9.17, 15) is 4.79 Å². The van der Waals surface area contributed by atoms with Gasteiger partial charge in [-0.15, -0.1) is 11.3 Å². The highest BCUT2D eigenvalue weighted by Gasteiger charge is 2.21. The molecule has 4 rings (SSSR count). The van der Waals surface area contributed by atoms with Crippen LogP contribution in [0.4, 0.5) is 0 Å². The molecular weight excluding hydrogens is 320 g/mol. The molecule has 0 spiro atoms. The van der Waals surface area contributed by atoms with E-state index in [1.54, 1.807) is 24.0 Å². The van der Waals surface area contributed by atoms with E-state index in [1.165, 1.54) is 22.5 Å². The van der Waals surface area contributed by atoms with Crippen LogP contribution in [0.1, 0.15) is 28.0 Å². The molecule has 1 aromatic carbocycles. The van der Waals surface area contributed by atoms with Gasteiger partial charge in [0.2, 0.25) is 0 Å². The van der Waals surface area contributed by atoms with Gasteiger partial charge >= 0.3 is 0 Å². The second kappa shape index (κ2) is 6.49. The van der Waals surface area contributed by atoms with Crippen LogP contribution < -0.4 is 5.32 Å². The molecule has 0 saturated heterocycles. The van der Waals surface area contributed by atoms with Crippen LogP contribution in [-0.2, 0) is 12.8 Å². The molecular formula is C18H16N4OS. The third-order valence-corrected chi connectivity index (χ3v) is 5.07. The summed E-state index contributed by atoms with van der Waals surface area (Å²) in [5.74, 6) is -0.120. The second-order valence-electron chi connectivity index (χ2n) is 5.81. The Morgan fingerprint density at radius 1 is 1.21 bits per heavy atom. The highest BCUT2D eigenvalue weighted by atomic mass is 32.1. The van der Waals surface area contributed by atoms with Crippen molar-refractivity contribution in [1.29, 1.82) is 0 Å². The number of nitrogens with one attached hydrogen (secondary N) is 1. The third-order valence-electron chi connectivity index (χ3n) is 4.20. The van der Waals surface area contributed by atoms with Gasteiger partial charge in [0.25, 0.3) is 5.91 Å². The minimum atomic E-state index is -0.120. The lowest BCUT2D eigenvalue weighted by molar-refractivity contribution is 0.0929. The van der Waals surface area contributed by atoms with Gasteiger partial charge in [-0.05, 0) is 30.4 Å². The normalized spacial score (nSPS) is 16.4. The molecule has 1 atom stereocenters. The van der Waals surface area contributed by atoms with Gasteiger partial charge in [0, 0.05) is 23.8 Å². The molecule has 120 valence electrons. The van der Waals surface area contributed by atoms with Crippen molar-refractivity contribution in [1.82, 2.24) is 20.3 Å². The maximum absolute atomic E-state index is 12.5. The Morgan fingerprint density at radius 2 is 2.08 bits per heavy atom. The summed E-state index contributed by atoms with van der Waals surface area (Å²) in [6.45, 7) is 0. The minimum absolute atomic E-state index is 0.120. The van der Waals surface area contributed by atoms with Crippen LogP contribution in [0, 0.1) is 0 Å². The molecule has 2 aromatic heterocycles. The molecule has 3 aromatic rings. The zero-order valence-corrected chi connectivity index (χ0v) is 13.8. The topological polar surface area (TPSA) is 67.8 Å². The van der Waals surface area contributed by atoms with E-state index in [1.807, 2.05) is 0 Å². The summed E-state index contributed by atoms with van der Waals surface area (Å²) in [4.78, 5) is 25.1. The smallest absolute Gasteiger partial charge is 0.271 e. The lowest BCUT2D eigenvalue weighted by Gasteiger charge is -2.25. The first-order valence-electron chi connectivity index (χ1n) is 7.89. The van der Waals surface area contributed by atoms with Crippen LogP contribution >= 0.6 is 11.3 Å². The van der Waals surface area contributed by atoms with Crippen LogP contribution in [-0.4, -0.2) is 26.9 Å². The summed E-state index contributed by atoms with van der Waals surface area (Å²) in [5, 5.41) is 5.59. The number of nitrogens with zero attached hydrogens (tertiary/aromatic N) is 3. The number of hydrogen-bond acceptors (Lipinski definition) is 5. The summed E-state index contributed by atoms with van der Waals surface area (Å²) >= 11 is 1.41. The van der Waals surface area contributed by atoms with E-state index in [2.05, 4.69) is 44.5 Å². The van der Waals surface area contributed by atoms with Crippen molar-refractivity contribution in [2.75, 3.05) is 0 Å². The van der Waals surface area contributed by atoms with E-state index in [0.29, 0.717) is 16.4 Å². The van der Waals surface area contributed by atoms with Gasteiger partial charge in [-0.1, -0.05) is 24.3 Å². The van der Waals surface area contributed by atoms with Crippen molar-refractivity contribution in [2.24, 2.45) is 0 Å². The first-order chi connectivity index (χ1) is 11.8. The first-order valence-corrected chi connectivity index (χ1v) is 8.77. The summed E-state index contributed by atoms with van der Waals surface area (Å²) < 4.78 is 0. The van der Waals surface area contributed by atoms with E-state index >= 15 is 0 Å². The van der Waals surface area contributed by atoms with E-state index in [0.717, 1.165) is 19.3 Å². The summed E-state index contributed by atoms with van der Waals surface area (Å²) in [6.07, 6.45) is 7.73. The Bertz CT molecular complexity index is 862. The average Bonchev–Trinajstić information content (AvgIpc) is 3.13. The number of carbonyl (C=O) groups excluding carboxylic acids is 1. The second-order valence-corrected chi connectivity index (χ2v) is 6.67. The number of thiazole rings is 1. The first kappa shape index (κ1) is 15.0. The number of hydrogen-bond donors (Lipinski definition) is 1. The lowest BCUT2D eigenvalue weighted by Crippen LogP contribution is -2.39. The minimum Gasteiger partial charge on any atom is -0.348 e. The molecule has 1 N–H and O–H groups in total. The van der Waals surface area contributed by atoms with Gasteiger partial charge in [0.15, 0.2) is 0 Å². The summed E-state index contributed by atoms with van der Waals surface area (Å²) in [5.41, 5.74) is 3.85. The van der Waals surface area contributed by atoms with E-state index < -0.39 is 0 Å². The van der Waals surface area contributed by atoms with E-state index in [-0.39, 0.29) is 11.9 Å². The highest BCUT2D eigenvalue weighted by Crippen LogP contribution is 2.23. The summed E-state index contributed by atoms with van der Waals surface area (Å²) in [6, 6.07) is 8.59. The van der Waals surface area contributed by atoms with Gasteiger partial charge in [0.1, 0.15) is 16.4 Å². The molecule has 0 radical (unpaired) electrons. The molecule has 6 heteroatoms. The highest BCUT2D eigenvalue weighted by molar-refractivity contribution is 7.13. The third kappa shape index (κ3) is 3.05. The molecule has 1 aliphatic carbocycles. The lowest BCUT2D eigenvalue weighted by atomic mass is 9.88. The molecule has 0 aliphatic heterocycles. The fourth-order valence-corrected chi connectivity index (χ4v) is 3.75. The molecule has 2 heterocycles. The van der Waals surface area contributed by atoms with Gasteiger partial charge in [-0.3, -0.25) is 14.8 Å². The van der Waals surface area contributed by atoms with E-state index in [4.69, 9.17) is 0 Å². The van der Waals surface area contributed by atoms with Crippen molar-refractivity contribution in [2.45, 2.75) is 25.3 Å². The maximum atomic E-state index is 12.5. The molecule has 24 heavy (non-hydrogen) atoms. The van der Waals surface area contributed by atoms with Crippen LogP contribution in [0.25, 0.3) is 10.7 Å². The van der Waals surface area contributed by atoms with Gasteiger partial charge < -0.3 is 5.32 Å². The van der Waals surface area contributed by atoms with Crippen LogP contribution in [0.3, 0.4) is 0 Å². The molecule has 0 unspecified atom stereocenters. The predicted octanol–water partition coefficient (Wildman–Crippen LogP) is 2.89. The Morgan fingerprint density at radius 3 is 2.92 bits per heavy atom. The standard InChI is InChI=1S/C18H16N4OS/c23-17(16-11-24-18(22-16)15-10-19-7-8-20-15)21-14-6-5-12-3-1-2-4-13(12)9-14/h1-4,7-8,10-11,14H,5-6,9H2,(H,21,23)/t14-/m0/s1. The number of benzene rings is 1. The van der Waals surface area contributed by atoms with Crippen LogP contribution in [0.5, 0.6) is 0 Å². The number of carbonyl (C=O) groups is 1. The average molecular weight is 336 g/mol. The number of amides is 1. The Labute approximate surface area is 143 Å². The molecule has 1 aliphatic rings. The Kier molecular flexibility index (Phi) is 4.04. The molecule has 0 saturated carbocycles. The van der Waals surface area contributed by atoms with Gasteiger partial charge in [0.05, 0.1) is 6.20 Å². The number of rotatable bonds is 3. The van der Waals surface area contributed by atoms with Gasteiger partial charge in [-0.2, -0.15) is 0 Å². The van der Waals surface area contributed by atoms with Crippen molar-refractivity contribution in [3.05, 3.63) is 65.1 Å². The molecule has 0 bridgehead atoms. The van der Waals surface area contributed by atoms with Gasteiger partial charge in [-0.25, -0.2) is 4.98 Å². The fourth-order valence-electron chi connectivity index (χ4n) is 2.99. The Balaban J connectivity index is 1.45. The summed E-state index contributed by atoms with van der Waals surface area (Å²) in [7, 11) is 0. The molecule has 0 fully saturated rings. The van der Waals surface area contributed by atoms with Crippen molar-refractivity contribution < 1.29 is 4.79 Å². The maximum Gasteiger partial charge on any atom is 0.271 e. The quantitative estimate of drug-likeness (QED) is 0.798. The number of aromatic nitrogens is 3. The van der Waals surface area contributed by atoms with Crippen LogP contribution in [0.2, 0.25) is 0 Å². The van der Waals surface area contributed by atoms with Crippen molar-refractivity contribution >= 4 is 17.2 Å². The predicted molar refractivity (Wildman–Crippen MR) is 92.9 cm³/mol. The number of fused-ring (bicyclic) bond motifs is 1. The van der Waals surface area contributed by atoms with Crippen LogP contribution in [0.15, 0.2) is 48.2 Å². The fraction of sp³-hybridized carbons (Fsp3) is 0.222. The molecule has 1 amide bonds. The zero-order chi connectivity index (χ0) is 16.4. The number of aryl methyl sites for hydroxylation is 1.